The zero-order valence-corrected chi connectivity index (χ0v) is 14.7. The van der Waals surface area contributed by atoms with Crippen LogP contribution in [0.4, 0.5) is 0 Å². The van der Waals surface area contributed by atoms with Gasteiger partial charge < -0.3 is 4.74 Å². The van der Waals surface area contributed by atoms with Gasteiger partial charge in [0.1, 0.15) is 0 Å². The molecule has 2 aliphatic heterocycles. The molecule has 0 aromatic heterocycles. The molecule has 2 fully saturated rings. The summed E-state index contributed by atoms with van der Waals surface area (Å²) in [6.45, 7) is 0.966. The topological polar surface area (TPSA) is 29.5 Å². The Hall–Kier alpha value is -2.13. The molecule has 2 aromatic rings. The average molecular weight is 335 g/mol. The number of benzene rings is 2. The first-order valence-electron chi connectivity index (χ1n) is 9.20. The highest BCUT2D eigenvalue weighted by atomic mass is 16.5. The maximum absolute atomic E-state index is 12.5. The Morgan fingerprint density at radius 3 is 2.40 bits per heavy atom. The Balaban J connectivity index is 1.66. The smallest absolute Gasteiger partial charge is 0.309 e. The van der Waals surface area contributed by atoms with Gasteiger partial charge in [0.25, 0.3) is 0 Å². The van der Waals surface area contributed by atoms with Gasteiger partial charge >= 0.3 is 5.97 Å². The molecule has 25 heavy (non-hydrogen) atoms. The summed E-state index contributed by atoms with van der Waals surface area (Å²) < 4.78 is 5.16. The van der Waals surface area contributed by atoms with Crippen LogP contribution in [0.2, 0.25) is 0 Å². The van der Waals surface area contributed by atoms with Crippen molar-refractivity contribution in [2.45, 2.75) is 43.8 Å². The number of carbonyl (C=O) groups is 1. The lowest BCUT2D eigenvalue weighted by Gasteiger charge is -2.44. The molecular weight excluding hydrogens is 310 g/mol. The summed E-state index contributed by atoms with van der Waals surface area (Å²) >= 11 is 0. The first kappa shape index (κ1) is 16.3. The maximum Gasteiger partial charge on any atom is 0.309 e. The van der Waals surface area contributed by atoms with Gasteiger partial charge in [0.05, 0.1) is 13.0 Å². The molecule has 2 aromatic carbocycles. The van der Waals surface area contributed by atoms with Crippen LogP contribution in [0.1, 0.15) is 36.3 Å². The van der Waals surface area contributed by atoms with Gasteiger partial charge in [0.2, 0.25) is 0 Å². The maximum atomic E-state index is 12.5. The fraction of sp³-hybridized carbons (Fsp3) is 0.409. The van der Waals surface area contributed by atoms with E-state index in [4.69, 9.17) is 4.74 Å². The van der Waals surface area contributed by atoms with Crippen molar-refractivity contribution in [3.63, 3.8) is 0 Å². The predicted molar refractivity (Wildman–Crippen MR) is 98.1 cm³/mol. The first-order valence-corrected chi connectivity index (χ1v) is 9.20. The van der Waals surface area contributed by atoms with Gasteiger partial charge in [0.15, 0.2) is 0 Å². The molecule has 2 bridgehead atoms. The molecule has 2 heterocycles. The van der Waals surface area contributed by atoms with E-state index in [1.807, 2.05) is 6.07 Å². The molecule has 0 saturated carbocycles. The molecule has 0 unspecified atom stereocenters. The lowest BCUT2D eigenvalue weighted by Crippen LogP contribution is -2.49. The Bertz CT molecular complexity index is 715. The SMILES string of the molecule is COC(=O)[C@@H]1C[C@H]2CC[C@H]([C@H]1c1ccccc1)N2Cc1ccccc1. The van der Waals surface area contributed by atoms with E-state index in [1.165, 1.54) is 24.7 Å². The van der Waals surface area contributed by atoms with E-state index >= 15 is 0 Å². The first-order chi connectivity index (χ1) is 12.3. The van der Waals surface area contributed by atoms with Gasteiger partial charge in [-0.2, -0.15) is 0 Å². The summed E-state index contributed by atoms with van der Waals surface area (Å²) in [5.41, 5.74) is 2.61. The highest BCUT2D eigenvalue weighted by Crippen LogP contribution is 2.48. The Kier molecular flexibility index (Phi) is 4.58. The number of hydrogen-bond donors (Lipinski definition) is 0. The number of fused-ring (bicyclic) bond motifs is 2. The van der Waals surface area contributed by atoms with Gasteiger partial charge in [-0.05, 0) is 30.4 Å². The number of ether oxygens (including phenoxy) is 1. The van der Waals surface area contributed by atoms with Crippen LogP contribution >= 0.6 is 0 Å². The van der Waals surface area contributed by atoms with Crippen molar-refractivity contribution < 1.29 is 9.53 Å². The van der Waals surface area contributed by atoms with Crippen LogP contribution in [0, 0.1) is 5.92 Å². The van der Waals surface area contributed by atoms with Crippen molar-refractivity contribution in [1.82, 2.24) is 4.90 Å². The fourth-order valence-corrected chi connectivity index (χ4v) is 4.88. The summed E-state index contributed by atoms with van der Waals surface area (Å²) in [4.78, 5) is 15.1. The number of esters is 1. The second-order valence-corrected chi connectivity index (χ2v) is 7.26. The second kappa shape index (κ2) is 7.01. The quantitative estimate of drug-likeness (QED) is 0.791. The van der Waals surface area contributed by atoms with E-state index in [-0.39, 0.29) is 17.8 Å². The molecule has 0 amide bonds. The highest BCUT2D eigenvalue weighted by Gasteiger charge is 2.50. The van der Waals surface area contributed by atoms with Crippen molar-refractivity contribution in [3.05, 3.63) is 71.8 Å². The van der Waals surface area contributed by atoms with E-state index in [1.54, 1.807) is 0 Å². The fourth-order valence-electron chi connectivity index (χ4n) is 4.88. The standard InChI is InChI=1S/C22H25NO2/c1-25-22(24)19-14-18-12-13-20(21(19)17-10-6-3-7-11-17)23(18)15-16-8-4-2-5-9-16/h2-11,18-21H,12-15H2,1H3/t18-,19-,20-,21+/m1/s1. The Labute approximate surface area is 149 Å². The number of methoxy groups -OCH3 is 1. The van der Waals surface area contributed by atoms with Crippen LogP contribution in [0.25, 0.3) is 0 Å². The second-order valence-electron chi connectivity index (χ2n) is 7.26. The number of nitrogens with zero attached hydrogens (tertiary/aromatic N) is 1. The van der Waals surface area contributed by atoms with Crippen molar-refractivity contribution in [3.8, 4) is 0 Å². The molecule has 0 N–H and O–H groups in total. The minimum absolute atomic E-state index is 0.0306. The van der Waals surface area contributed by atoms with E-state index in [2.05, 4.69) is 59.5 Å². The largest absolute Gasteiger partial charge is 0.469 e. The molecule has 4 atom stereocenters. The van der Waals surface area contributed by atoms with E-state index in [9.17, 15) is 4.79 Å². The Morgan fingerprint density at radius 2 is 1.72 bits per heavy atom. The molecular formula is C22H25NO2. The van der Waals surface area contributed by atoms with Crippen molar-refractivity contribution in [2.75, 3.05) is 7.11 Å². The Morgan fingerprint density at radius 1 is 1.04 bits per heavy atom. The van der Waals surface area contributed by atoms with Crippen molar-refractivity contribution in [2.24, 2.45) is 5.92 Å². The zero-order chi connectivity index (χ0) is 17.2. The average Bonchev–Trinajstić information content (AvgIpc) is 2.93. The van der Waals surface area contributed by atoms with E-state index in [0.29, 0.717) is 12.1 Å². The van der Waals surface area contributed by atoms with Gasteiger partial charge in [0, 0.05) is 24.5 Å². The van der Waals surface area contributed by atoms with Crippen LogP contribution in [-0.2, 0) is 16.1 Å². The predicted octanol–water partition coefficient (Wildman–Crippen LogP) is 4.00. The third kappa shape index (κ3) is 3.09. The molecule has 3 nitrogen and oxygen atoms in total. The normalized spacial score (nSPS) is 28.7. The summed E-state index contributed by atoms with van der Waals surface area (Å²) in [5.74, 6) is 0.137. The molecule has 0 aliphatic carbocycles. The lowest BCUT2D eigenvalue weighted by atomic mass is 9.75. The monoisotopic (exact) mass is 335 g/mol. The summed E-state index contributed by atoms with van der Waals surface area (Å²) in [6.07, 6.45) is 3.23. The summed E-state index contributed by atoms with van der Waals surface area (Å²) in [6, 6.07) is 22.1. The van der Waals surface area contributed by atoms with Crippen LogP contribution in [0.15, 0.2) is 60.7 Å². The minimum Gasteiger partial charge on any atom is -0.469 e. The number of piperidine rings is 1. The summed E-state index contributed by atoms with van der Waals surface area (Å²) in [5, 5.41) is 0. The third-order valence-corrected chi connectivity index (χ3v) is 5.96. The van der Waals surface area contributed by atoms with Gasteiger partial charge in [-0.15, -0.1) is 0 Å². The van der Waals surface area contributed by atoms with E-state index < -0.39 is 0 Å². The molecule has 4 rings (SSSR count). The molecule has 0 spiro atoms. The molecule has 0 radical (unpaired) electrons. The van der Waals surface area contributed by atoms with Crippen LogP contribution in [0.3, 0.4) is 0 Å². The van der Waals surface area contributed by atoms with Crippen LogP contribution < -0.4 is 0 Å². The van der Waals surface area contributed by atoms with Crippen molar-refractivity contribution in [1.29, 1.82) is 0 Å². The van der Waals surface area contributed by atoms with Crippen LogP contribution in [0.5, 0.6) is 0 Å². The van der Waals surface area contributed by atoms with Gasteiger partial charge in [-0.25, -0.2) is 0 Å². The number of hydrogen-bond acceptors (Lipinski definition) is 3. The molecule has 130 valence electrons. The molecule has 2 aliphatic rings. The van der Waals surface area contributed by atoms with Crippen LogP contribution in [-0.4, -0.2) is 30.1 Å². The van der Waals surface area contributed by atoms with Gasteiger partial charge in [-0.3, -0.25) is 9.69 Å². The van der Waals surface area contributed by atoms with Crippen molar-refractivity contribution >= 4 is 5.97 Å². The number of rotatable bonds is 4. The molecule has 2 saturated heterocycles. The third-order valence-electron chi connectivity index (χ3n) is 5.96. The highest BCUT2D eigenvalue weighted by molar-refractivity contribution is 5.74. The summed E-state index contributed by atoms with van der Waals surface area (Å²) in [7, 11) is 1.52. The van der Waals surface area contributed by atoms with Gasteiger partial charge in [-0.1, -0.05) is 60.7 Å². The van der Waals surface area contributed by atoms with E-state index in [0.717, 1.165) is 19.4 Å². The lowest BCUT2D eigenvalue weighted by molar-refractivity contribution is -0.149. The molecule has 3 heteroatoms. The zero-order valence-electron chi connectivity index (χ0n) is 14.7. The number of carbonyl (C=O) groups excluding carboxylic acids is 1. The minimum atomic E-state index is -0.0508.